The minimum absolute atomic E-state index is 0.236. The first-order chi connectivity index (χ1) is 14.1. The number of ether oxygens (including phenoxy) is 1. The third kappa shape index (κ3) is 19.6. The maximum Gasteiger partial charge on any atom is 0.303 e. The molecule has 0 aromatic heterocycles. The van der Waals surface area contributed by atoms with Gasteiger partial charge in [-0.15, -0.1) is 0 Å². The van der Waals surface area contributed by atoms with Crippen LogP contribution in [0.1, 0.15) is 78.6 Å². The van der Waals surface area contributed by atoms with Crippen LogP contribution < -0.4 is 5.32 Å². The molecule has 5 N–H and O–H groups in total. The average Bonchev–Trinajstić information content (AvgIpc) is 2.69. The molecule has 30 heavy (non-hydrogen) atoms. The molecule has 9 nitrogen and oxygen atoms in total. The van der Waals surface area contributed by atoms with Crippen LogP contribution >= 0.6 is 0 Å². The molecule has 0 heterocycles. The SMILES string of the molecule is CCOCCCNC(=O)C(O)C(C)(C)CO.O=C(O)CCCCCCCCC(=O)O. The molecule has 1 amide bonds. The fraction of sp³-hybridized carbons (Fsp3) is 0.857. The summed E-state index contributed by atoms with van der Waals surface area (Å²) in [6, 6.07) is 0. The van der Waals surface area contributed by atoms with Gasteiger partial charge in [0.25, 0.3) is 0 Å². The third-order valence-electron chi connectivity index (χ3n) is 4.40. The second-order valence-corrected chi connectivity index (χ2v) is 7.80. The summed E-state index contributed by atoms with van der Waals surface area (Å²) < 4.78 is 5.11. The van der Waals surface area contributed by atoms with Crippen LogP contribution in [0.2, 0.25) is 0 Å². The number of carboxylic acid groups (broad SMARTS) is 2. The normalized spacial score (nSPS) is 11.9. The van der Waals surface area contributed by atoms with E-state index < -0.39 is 29.4 Å². The predicted octanol–water partition coefficient (Wildman–Crippen LogP) is 2.18. The number of aliphatic hydroxyl groups excluding tert-OH is 2. The average molecular weight is 436 g/mol. The van der Waals surface area contributed by atoms with Gasteiger partial charge >= 0.3 is 11.9 Å². The molecular weight excluding hydrogens is 394 g/mol. The van der Waals surface area contributed by atoms with E-state index in [0.29, 0.717) is 26.2 Å². The number of hydrogen-bond acceptors (Lipinski definition) is 6. The van der Waals surface area contributed by atoms with Crippen LogP contribution in [0.15, 0.2) is 0 Å². The number of carbonyl (C=O) groups is 3. The van der Waals surface area contributed by atoms with E-state index in [4.69, 9.17) is 20.1 Å². The van der Waals surface area contributed by atoms with Crippen LogP contribution in [0.3, 0.4) is 0 Å². The van der Waals surface area contributed by atoms with Crippen molar-refractivity contribution in [3.05, 3.63) is 0 Å². The molecule has 0 saturated heterocycles. The van der Waals surface area contributed by atoms with E-state index in [2.05, 4.69) is 5.32 Å². The van der Waals surface area contributed by atoms with Crippen LogP contribution in [0.25, 0.3) is 0 Å². The Balaban J connectivity index is 0. The Kier molecular flexibility index (Phi) is 19.6. The summed E-state index contributed by atoms with van der Waals surface area (Å²) >= 11 is 0. The van der Waals surface area contributed by atoms with Crippen molar-refractivity contribution in [1.82, 2.24) is 5.32 Å². The van der Waals surface area contributed by atoms with Crippen molar-refractivity contribution in [3.8, 4) is 0 Å². The van der Waals surface area contributed by atoms with Crippen molar-refractivity contribution in [1.29, 1.82) is 0 Å². The first kappa shape index (κ1) is 30.5. The molecule has 0 spiro atoms. The smallest absolute Gasteiger partial charge is 0.303 e. The highest BCUT2D eigenvalue weighted by atomic mass is 16.5. The van der Waals surface area contributed by atoms with Crippen LogP contribution in [0.5, 0.6) is 0 Å². The predicted molar refractivity (Wildman–Crippen MR) is 113 cm³/mol. The lowest BCUT2D eigenvalue weighted by Gasteiger charge is -2.27. The van der Waals surface area contributed by atoms with Gasteiger partial charge in [-0.25, -0.2) is 0 Å². The number of rotatable bonds is 17. The van der Waals surface area contributed by atoms with E-state index >= 15 is 0 Å². The van der Waals surface area contributed by atoms with E-state index in [0.717, 1.165) is 38.5 Å². The fourth-order valence-electron chi connectivity index (χ4n) is 2.33. The van der Waals surface area contributed by atoms with Crippen molar-refractivity contribution in [3.63, 3.8) is 0 Å². The molecule has 0 aromatic carbocycles. The number of hydrogen-bond donors (Lipinski definition) is 5. The molecule has 1 atom stereocenters. The zero-order valence-electron chi connectivity index (χ0n) is 18.7. The summed E-state index contributed by atoms with van der Waals surface area (Å²) in [5, 5.41) is 37.9. The summed E-state index contributed by atoms with van der Waals surface area (Å²) in [4.78, 5) is 31.8. The Labute approximate surface area is 179 Å². The highest BCUT2D eigenvalue weighted by molar-refractivity contribution is 5.81. The van der Waals surface area contributed by atoms with Gasteiger partial charge in [0.1, 0.15) is 6.10 Å². The van der Waals surface area contributed by atoms with Gasteiger partial charge in [0.05, 0.1) is 6.61 Å². The largest absolute Gasteiger partial charge is 0.481 e. The lowest BCUT2D eigenvalue weighted by atomic mass is 9.87. The Morgan fingerprint density at radius 3 is 1.77 bits per heavy atom. The molecular formula is C21H41NO8. The van der Waals surface area contributed by atoms with Gasteiger partial charge in [-0.1, -0.05) is 39.5 Å². The minimum Gasteiger partial charge on any atom is -0.481 e. The van der Waals surface area contributed by atoms with E-state index in [1.165, 1.54) is 0 Å². The van der Waals surface area contributed by atoms with E-state index in [-0.39, 0.29) is 19.4 Å². The summed E-state index contributed by atoms with van der Waals surface area (Å²) in [6.45, 7) is 6.67. The number of carbonyl (C=O) groups excluding carboxylic acids is 1. The van der Waals surface area contributed by atoms with Gasteiger partial charge in [0.2, 0.25) is 5.91 Å². The monoisotopic (exact) mass is 435 g/mol. The summed E-state index contributed by atoms with van der Waals surface area (Å²) in [7, 11) is 0. The Morgan fingerprint density at radius 2 is 1.37 bits per heavy atom. The summed E-state index contributed by atoms with van der Waals surface area (Å²) in [5.41, 5.74) is -0.815. The molecule has 0 aliphatic rings. The van der Waals surface area contributed by atoms with Gasteiger partial charge in [0.15, 0.2) is 0 Å². The van der Waals surface area contributed by atoms with Crippen molar-refractivity contribution in [2.24, 2.45) is 5.41 Å². The van der Waals surface area contributed by atoms with Crippen LogP contribution in [0.4, 0.5) is 0 Å². The Hall–Kier alpha value is -1.71. The maximum atomic E-state index is 11.5. The van der Waals surface area contributed by atoms with Gasteiger partial charge in [0, 0.05) is 38.0 Å². The second-order valence-electron chi connectivity index (χ2n) is 7.80. The quantitative estimate of drug-likeness (QED) is 0.218. The van der Waals surface area contributed by atoms with Crippen LogP contribution in [-0.2, 0) is 19.1 Å². The van der Waals surface area contributed by atoms with Crippen molar-refractivity contribution in [2.45, 2.75) is 84.7 Å². The standard InChI is InChI=1S/C11H23NO4.C10H18O4/c1-4-16-7-5-6-12-10(15)9(14)11(2,3)8-13;11-9(12)7-5-3-1-2-4-6-8-10(13)14/h9,13-14H,4-8H2,1-3H3,(H,12,15);1-8H2,(H,11,12)(H,13,14). The molecule has 1 unspecified atom stereocenters. The molecule has 0 saturated carbocycles. The number of aliphatic carboxylic acids is 2. The second kappa shape index (κ2) is 19.3. The van der Waals surface area contributed by atoms with E-state index in [1.807, 2.05) is 6.92 Å². The molecule has 0 radical (unpaired) electrons. The highest BCUT2D eigenvalue weighted by Gasteiger charge is 2.32. The number of nitrogens with one attached hydrogen (secondary N) is 1. The Morgan fingerprint density at radius 1 is 0.900 bits per heavy atom. The lowest BCUT2D eigenvalue weighted by molar-refractivity contribution is -0.138. The highest BCUT2D eigenvalue weighted by Crippen LogP contribution is 2.19. The molecule has 0 aromatic rings. The summed E-state index contributed by atoms with van der Waals surface area (Å²) in [5.74, 6) is -1.93. The topological polar surface area (TPSA) is 153 Å². The van der Waals surface area contributed by atoms with Gasteiger partial charge in [-0.05, 0) is 26.2 Å². The molecule has 0 rings (SSSR count). The lowest BCUT2D eigenvalue weighted by Crippen LogP contribution is -2.45. The van der Waals surface area contributed by atoms with Gasteiger partial charge in [-0.3, -0.25) is 14.4 Å². The van der Waals surface area contributed by atoms with Crippen molar-refractivity contribution in [2.75, 3.05) is 26.4 Å². The zero-order chi connectivity index (χ0) is 23.4. The number of carboxylic acids is 2. The maximum absolute atomic E-state index is 11.5. The molecule has 0 aliphatic heterocycles. The van der Waals surface area contributed by atoms with Crippen LogP contribution in [0, 0.1) is 5.41 Å². The van der Waals surface area contributed by atoms with Crippen LogP contribution in [-0.4, -0.2) is 70.7 Å². The number of unbranched alkanes of at least 4 members (excludes halogenated alkanes) is 5. The molecule has 9 heteroatoms. The van der Waals surface area contributed by atoms with Gasteiger partial charge < -0.3 is 30.5 Å². The number of amides is 1. The molecule has 0 fully saturated rings. The summed E-state index contributed by atoms with van der Waals surface area (Å²) in [6.07, 6.45) is 5.35. The van der Waals surface area contributed by atoms with Gasteiger partial charge in [-0.2, -0.15) is 0 Å². The van der Waals surface area contributed by atoms with Crippen molar-refractivity contribution >= 4 is 17.8 Å². The first-order valence-electron chi connectivity index (χ1n) is 10.7. The first-order valence-corrected chi connectivity index (χ1v) is 10.7. The Bertz CT molecular complexity index is 448. The zero-order valence-corrected chi connectivity index (χ0v) is 18.7. The minimum atomic E-state index is -1.19. The molecule has 178 valence electrons. The van der Waals surface area contributed by atoms with Crippen molar-refractivity contribution < 1.29 is 39.5 Å². The third-order valence-corrected chi connectivity index (χ3v) is 4.40. The van der Waals surface area contributed by atoms with E-state index in [1.54, 1.807) is 13.8 Å². The molecule has 0 bridgehead atoms. The van der Waals surface area contributed by atoms with E-state index in [9.17, 15) is 19.5 Å². The number of aliphatic hydroxyl groups is 2. The molecule has 0 aliphatic carbocycles. The fourth-order valence-corrected chi connectivity index (χ4v) is 2.33.